The zero-order valence-corrected chi connectivity index (χ0v) is 14.0. The van der Waals surface area contributed by atoms with E-state index in [2.05, 4.69) is 4.74 Å². The Morgan fingerprint density at radius 2 is 2.00 bits per heavy atom. The molecular weight excluding hydrogens is 316 g/mol. The van der Waals surface area contributed by atoms with E-state index in [-0.39, 0.29) is 13.2 Å². The topological polar surface area (TPSA) is 94.5 Å². The summed E-state index contributed by atoms with van der Waals surface area (Å²) < 4.78 is 21.4. The van der Waals surface area contributed by atoms with Gasteiger partial charge in [-0.25, -0.2) is 4.79 Å². The third kappa shape index (κ3) is 4.75. The zero-order chi connectivity index (χ0) is 17.7. The molecule has 1 fully saturated rings. The summed E-state index contributed by atoms with van der Waals surface area (Å²) in [5.74, 6) is -1.76. The second kappa shape index (κ2) is 8.04. The Balaban J connectivity index is 2.10. The normalized spacial score (nSPS) is 23.5. The summed E-state index contributed by atoms with van der Waals surface area (Å²) in [4.78, 5) is 11.5. The Labute approximate surface area is 141 Å². The molecule has 0 radical (unpaired) electrons. The van der Waals surface area contributed by atoms with Gasteiger partial charge in [0.2, 0.25) is 0 Å². The first kappa shape index (κ1) is 18.8. The second-order valence-corrected chi connectivity index (χ2v) is 6.09. The molecule has 0 amide bonds. The van der Waals surface area contributed by atoms with Crippen molar-refractivity contribution in [2.24, 2.45) is 0 Å². The summed E-state index contributed by atoms with van der Waals surface area (Å²) in [6.45, 7) is 3.85. The summed E-state index contributed by atoms with van der Waals surface area (Å²) in [5.41, 5.74) is 0.889. The van der Waals surface area contributed by atoms with Gasteiger partial charge < -0.3 is 29.2 Å². The molecule has 2 rings (SSSR count). The van der Waals surface area contributed by atoms with Gasteiger partial charge in [0.15, 0.2) is 11.9 Å². The van der Waals surface area contributed by atoms with Crippen molar-refractivity contribution >= 4 is 5.97 Å². The molecule has 1 heterocycles. The Morgan fingerprint density at radius 3 is 2.54 bits per heavy atom. The minimum absolute atomic E-state index is 0.178. The van der Waals surface area contributed by atoms with Crippen LogP contribution >= 0.6 is 0 Å². The molecule has 24 heavy (non-hydrogen) atoms. The Kier molecular flexibility index (Phi) is 6.31. The predicted octanol–water partition coefficient (Wildman–Crippen LogP) is 0.618. The van der Waals surface area contributed by atoms with Crippen LogP contribution in [0.1, 0.15) is 19.4 Å². The minimum Gasteiger partial charge on any atom is -0.467 e. The SMILES string of the molecule is COC(=O)[C@@H](O)[C@@H](O)[C@@H](OCc1ccccc1)[C@@H]1COC(C)(C)O1. The Morgan fingerprint density at radius 1 is 1.33 bits per heavy atom. The number of hydrogen-bond donors (Lipinski definition) is 2. The fourth-order valence-electron chi connectivity index (χ4n) is 2.51. The molecule has 0 spiro atoms. The van der Waals surface area contributed by atoms with Crippen molar-refractivity contribution in [1.82, 2.24) is 0 Å². The molecule has 0 unspecified atom stereocenters. The van der Waals surface area contributed by atoms with Crippen LogP contribution in [0.2, 0.25) is 0 Å². The van der Waals surface area contributed by atoms with Crippen LogP contribution < -0.4 is 0 Å². The van der Waals surface area contributed by atoms with Crippen LogP contribution in [0.4, 0.5) is 0 Å². The van der Waals surface area contributed by atoms with Gasteiger partial charge in [-0.15, -0.1) is 0 Å². The summed E-state index contributed by atoms with van der Waals surface area (Å²) in [6, 6.07) is 9.36. The maximum atomic E-state index is 11.5. The Bertz CT molecular complexity index is 531. The lowest BCUT2D eigenvalue weighted by Gasteiger charge is -2.30. The number of methoxy groups -OCH3 is 1. The quantitative estimate of drug-likeness (QED) is 0.703. The first-order valence-electron chi connectivity index (χ1n) is 7.75. The number of rotatable bonds is 7. The molecule has 1 aromatic carbocycles. The fourth-order valence-corrected chi connectivity index (χ4v) is 2.51. The molecule has 1 aromatic rings. The van der Waals surface area contributed by atoms with E-state index in [1.165, 1.54) is 0 Å². The van der Waals surface area contributed by atoms with Gasteiger partial charge in [0, 0.05) is 0 Å². The van der Waals surface area contributed by atoms with E-state index in [1.807, 2.05) is 30.3 Å². The van der Waals surface area contributed by atoms with Crippen LogP contribution in [0.5, 0.6) is 0 Å². The highest BCUT2D eigenvalue weighted by Gasteiger charge is 2.44. The third-order valence-electron chi connectivity index (χ3n) is 3.78. The smallest absolute Gasteiger partial charge is 0.337 e. The maximum absolute atomic E-state index is 11.5. The van der Waals surface area contributed by atoms with E-state index in [9.17, 15) is 15.0 Å². The molecule has 1 aliphatic rings. The molecular formula is C17H24O7. The third-order valence-corrected chi connectivity index (χ3v) is 3.78. The number of aliphatic hydroxyl groups excluding tert-OH is 2. The van der Waals surface area contributed by atoms with Gasteiger partial charge in [0.1, 0.15) is 18.3 Å². The molecule has 0 bridgehead atoms. The molecule has 134 valence electrons. The average molecular weight is 340 g/mol. The van der Waals surface area contributed by atoms with Gasteiger partial charge in [0.05, 0.1) is 20.3 Å². The maximum Gasteiger partial charge on any atom is 0.337 e. The van der Waals surface area contributed by atoms with E-state index in [4.69, 9.17) is 14.2 Å². The van der Waals surface area contributed by atoms with Gasteiger partial charge in [-0.05, 0) is 19.4 Å². The lowest BCUT2D eigenvalue weighted by molar-refractivity contribution is -0.189. The number of ether oxygens (including phenoxy) is 4. The summed E-state index contributed by atoms with van der Waals surface area (Å²) >= 11 is 0. The lowest BCUT2D eigenvalue weighted by atomic mass is 10.0. The van der Waals surface area contributed by atoms with Crippen LogP contribution in [0, 0.1) is 0 Å². The van der Waals surface area contributed by atoms with Gasteiger partial charge in [-0.2, -0.15) is 0 Å². The van der Waals surface area contributed by atoms with Crippen molar-refractivity contribution in [3.05, 3.63) is 35.9 Å². The fraction of sp³-hybridized carbons (Fsp3) is 0.588. The molecule has 7 heteroatoms. The van der Waals surface area contributed by atoms with Crippen molar-refractivity contribution in [3.8, 4) is 0 Å². The largest absolute Gasteiger partial charge is 0.467 e. The van der Waals surface area contributed by atoms with Gasteiger partial charge in [0.25, 0.3) is 0 Å². The van der Waals surface area contributed by atoms with E-state index >= 15 is 0 Å². The second-order valence-electron chi connectivity index (χ2n) is 6.09. The van der Waals surface area contributed by atoms with E-state index in [0.717, 1.165) is 12.7 Å². The number of esters is 1. The molecule has 0 aliphatic carbocycles. The molecule has 2 N–H and O–H groups in total. The zero-order valence-electron chi connectivity index (χ0n) is 14.0. The molecule has 0 saturated carbocycles. The average Bonchev–Trinajstić information content (AvgIpc) is 2.94. The molecule has 4 atom stereocenters. The monoisotopic (exact) mass is 340 g/mol. The minimum atomic E-state index is -1.73. The summed E-state index contributed by atoms with van der Waals surface area (Å²) in [5, 5.41) is 20.3. The van der Waals surface area contributed by atoms with E-state index in [0.29, 0.717) is 0 Å². The van der Waals surface area contributed by atoms with Crippen molar-refractivity contribution in [2.75, 3.05) is 13.7 Å². The molecule has 0 aromatic heterocycles. The summed E-state index contributed by atoms with van der Waals surface area (Å²) in [7, 11) is 1.14. The predicted molar refractivity (Wildman–Crippen MR) is 84.0 cm³/mol. The number of carbonyl (C=O) groups is 1. The highest BCUT2D eigenvalue weighted by Crippen LogP contribution is 2.28. The first-order valence-corrected chi connectivity index (χ1v) is 7.75. The van der Waals surface area contributed by atoms with Gasteiger partial charge in [-0.3, -0.25) is 0 Å². The number of carbonyl (C=O) groups excluding carboxylic acids is 1. The van der Waals surface area contributed by atoms with Crippen LogP contribution in [-0.4, -0.2) is 60.1 Å². The summed E-state index contributed by atoms with van der Waals surface area (Å²) in [6.07, 6.45) is -4.83. The van der Waals surface area contributed by atoms with Gasteiger partial charge >= 0.3 is 5.97 Å². The Hall–Kier alpha value is -1.51. The highest BCUT2D eigenvalue weighted by atomic mass is 16.7. The van der Waals surface area contributed by atoms with Crippen LogP contribution in [0.25, 0.3) is 0 Å². The van der Waals surface area contributed by atoms with Crippen LogP contribution in [0.3, 0.4) is 0 Å². The molecule has 1 saturated heterocycles. The standard InChI is InChI=1S/C17H24O7/c1-17(2)23-10-12(24-17)15(13(18)14(19)16(20)21-3)22-9-11-7-5-4-6-8-11/h4-8,12-15,18-19H,9-10H2,1-3H3/t12-,13+,14-,15-/m0/s1. The van der Waals surface area contributed by atoms with Crippen LogP contribution in [0.15, 0.2) is 30.3 Å². The number of hydrogen-bond acceptors (Lipinski definition) is 7. The van der Waals surface area contributed by atoms with Crippen molar-refractivity contribution in [2.45, 2.75) is 50.7 Å². The lowest BCUT2D eigenvalue weighted by Crippen LogP contribution is -2.50. The van der Waals surface area contributed by atoms with Crippen molar-refractivity contribution in [1.29, 1.82) is 0 Å². The van der Waals surface area contributed by atoms with E-state index < -0.39 is 36.2 Å². The van der Waals surface area contributed by atoms with Crippen LogP contribution in [-0.2, 0) is 30.3 Å². The van der Waals surface area contributed by atoms with Gasteiger partial charge in [-0.1, -0.05) is 30.3 Å². The molecule has 1 aliphatic heterocycles. The number of aliphatic hydroxyl groups is 2. The van der Waals surface area contributed by atoms with Crippen molar-refractivity contribution < 1.29 is 34.0 Å². The first-order chi connectivity index (χ1) is 11.3. The van der Waals surface area contributed by atoms with Crippen molar-refractivity contribution in [3.63, 3.8) is 0 Å². The molecule has 7 nitrogen and oxygen atoms in total. The highest BCUT2D eigenvalue weighted by molar-refractivity contribution is 5.75. The van der Waals surface area contributed by atoms with E-state index in [1.54, 1.807) is 13.8 Å². The number of benzene rings is 1.